The number of carbonyl (C=O) groups excluding carboxylic acids is 3. The zero-order valence-corrected chi connectivity index (χ0v) is 18.5. The molecule has 0 unspecified atom stereocenters. The van der Waals surface area contributed by atoms with Gasteiger partial charge in [0.2, 0.25) is 11.8 Å². The number of amides is 2. The van der Waals surface area contributed by atoms with Gasteiger partial charge < -0.3 is 20.7 Å². The van der Waals surface area contributed by atoms with Gasteiger partial charge in [0.15, 0.2) is 5.11 Å². The van der Waals surface area contributed by atoms with Crippen LogP contribution < -0.4 is 16.0 Å². The smallest absolute Gasteiger partial charge is 0.306 e. The number of nitrogens with one attached hydrogen (secondary N) is 3. The Labute approximate surface area is 187 Å². The second-order valence-corrected chi connectivity index (χ2v) is 7.30. The predicted molar refractivity (Wildman–Crippen MR) is 125 cm³/mol. The highest BCUT2D eigenvalue weighted by atomic mass is 32.1. The van der Waals surface area contributed by atoms with Crippen LogP contribution in [0.4, 0.5) is 11.4 Å². The van der Waals surface area contributed by atoms with Crippen molar-refractivity contribution in [1.82, 2.24) is 5.32 Å². The summed E-state index contributed by atoms with van der Waals surface area (Å²) in [6, 6.07) is 15.1. The van der Waals surface area contributed by atoms with E-state index in [1.165, 1.54) is 0 Å². The molecule has 0 aliphatic heterocycles. The van der Waals surface area contributed by atoms with Crippen LogP contribution in [-0.2, 0) is 25.5 Å². The zero-order valence-electron chi connectivity index (χ0n) is 17.7. The number of benzene rings is 2. The number of esters is 1. The van der Waals surface area contributed by atoms with E-state index in [-0.39, 0.29) is 36.4 Å². The van der Waals surface area contributed by atoms with Gasteiger partial charge >= 0.3 is 5.97 Å². The molecule has 2 aromatic carbocycles. The first-order valence-corrected chi connectivity index (χ1v) is 10.5. The number of anilines is 2. The van der Waals surface area contributed by atoms with Crippen LogP contribution in [0.2, 0.25) is 0 Å². The van der Waals surface area contributed by atoms with E-state index >= 15 is 0 Å². The van der Waals surface area contributed by atoms with Gasteiger partial charge in [-0.15, -0.1) is 0 Å². The minimum atomic E-state index is -0.431. The topological polar surface area (TPSA) is 96.5 Å². The van der Waals surface area contributed by atoms with E-state index in [0.29, 0.717) is 24.2 Å². The molecule has 164 valence electrons. The summed E-state index contributed by atoms with van der Waals surface area (Å²) in [5.74, 6) is -0.907. The molecule has 2 aromatic rings. The summed E-state index contributed by atoms with van der Waals surface area (Å²) in [6.45, 7) is 3.93. The summed E-state index contributed by atoms with van der Waals surface area (Å²) in [4.78, 5) is 35.5. The lowest BCUT2D eigenvalue weighted by atomic mass is 10.1. The summed E-state index contributed by atoms with van der Waals surface area (Å²) in [5, 5.41) is 8.37. The average molecular weight is 442 g/mol. The molecule has 0 aromatic heterocycles. The maximum Gasteiger partial charge on any atom is 0.306 e. The number of carbonyl (C=O) groups is 3. The Balaban J connectivity index is 1.72. The molecule has 3 N–H and O–H groups in total. The second kappa shape index (κ2) is 12.4. The fourth-order valence-electron chi connectivity index (χ4n) is 2.64. The lowest BCUT2D eigenvalue weighted by Crippen LogP contribution is -2.34. The van der Waals surface area contributed by atoms with Crippen LogP contribution in [-0.4, -0.2) is 29.5 Å². The standard InChI is InChI=1S/C23H27N3O4S/c1-3-20(27)25-19-15-18(10-9-16(19)2)24-23(31)26-21(28)11-12-22(29)30-14-13-17-7-5-4-6-8-17/h4-10,15H,3,11-14H2,1-2H3,(H,25,27)(H2,24,26,28,31). The van der Waals surface area contributed by atoms with Crippen molar-refractivity contribution < 1.29 is 19.1 Å². The van der Waals surface area contributed by atoms with Crippen molar-refractivity contribution in [2.75, 3.05) is 17.2 Å². The van der Waals surface area contributed by atoms with Crippen LogP contribution in [0.1, 0.15) is 37.3 Å². The predicted octanol–water partition coefficient (Wildman–Crippen LogP) is 3.72. The Morgan fingerprint density at radius 2 is 1.71 bits per heavy atom. The minimum Gasteiger partial charge on any atom is -0.465 e. The Hall–Kier alpha value is -3.26. The fraction of sp³-hybridized carbons (Fsp3) is 0.304. The van der Waals surface area contributed by atoms with Crippen molar-refractivity contribution in [2.24, 2.45) is 0 Å². The summed E-state index contributed by atoms with van der Waals surface area (Å²) in [5.41, 5.74) is 3.29. The number of ether oxygens (including phenoxy) is 1. The molecule has 0 atom stereocenters. The van der Waals surface area contributed by atoms with Gasteiger partial charge in [0.1, 0.15) is 0 Å². The molecule has 0 saturated carbocycles. The van der Waals surface area contributed by atoms with Gasteiger partial charge in [0.05, 0.1) is 13.0 Å². The monoisotopic (exact) mass is 441 g/mol. The Morgan fingerprint density at radius 3 is 2.42 bits per heavy atom. The number of hydrogen-bond donors (Lipinski definition) is 3. The molecule has 0 spiro atoms. The molecule has 8 heteroatoms. The van der Waals surface area contributed by atoms with Crippen LogP contribution in [0, 0.1) is 6.92 Å². The average Bonchev–Trinajstić information content (AvgIpc) is 2.75. The van der Waals surface area contributed by atoms with Crippen LogP contribution >= 0.6 is 12.2 Å². The van der Waals surface area contributed by atoms with E-state index in [4.69, 9.17) is 17.0 Å². The van der Waals surface area contributed by atoms with E-state index in [2.05, 4.69) is 16.0 Å². The summed E-state index contributed by atoms with van der Waals surface area (Å²) < 4.78 is 5.16. The van der Waals surface area contributed by atoms with Crippen molar-refractivity contribution in [3.05, 3.63) is 59.7 Å². The van der Waals surface area contributed by atoms with Gasteiger partial charge in [-0.1, -0.05) is 43.3 Å². The van der Waals surface area contributed by atoms with E-state index in [9.17, 15) is 14.4 Å². The van der Waals surface area contributed by atoms with Gasteiger partial charge in [-0.2, -0.15) is 0 Å². The molecule has 0 bridgehead atoms. The third kappa shape index (κ3) is 8.96. The summed E-state index contributed by atoms with van der Waals surface area (Å²) in [6.07, 6.45) is 0.947. The normalized spacial score (nSPS) is 10.1. The molecular weight excluding hydrogens is 414 g/mol. The van der Waals surface area contributed by atoms with Crippen molar-refractivity contribution in [2.45, 2.75) is 39.5 Å². The van der Waals surface area contributed by atoms with Crippen molar-refractivity contribution in [3.8, 4) is 0 Å². The van der Waals surface area contributed by atoms with Crippen molar-refractivity contribution in [3.63, 3.8) is 0 Å². The number of hydrogen-bond acceptors (Lipinski definition) is 5. The third-order valence-corrected chi connectivity index (χ3v) is 4.60. The van der Waals surface area contributed by atoms with Crippen LogP contribution in [0.25, 0.3) is 0 Å². The van der Waals surface area contributed by atoms with Gasteiger partial charge in [0, 0.05) is 30.6 Å². The molecule has 2 amide bonds. The van der Waals surface area contributed by atoms with Gasteiger partial charge in [-0.05, 0) is 42.4 Å². The molecule has 0 aliphatic carbocycles. The van der Waals surface area contributed by atoms with E-state index in [0.717, 1.165) is 11.1 Å². The summed E-state index contributed by atoms with van der Waals surface area (Å²) in [7, 11) is 0. The number of rotatable bonds is 9. The van der Waals surface area contributed by atoms with E-state index in [1.807, 2.05) is 43.3 Å². The Kier molecular flexibility index (Phi) is 9.64. The fourth-order valence-corrected chi connectivity index (χ4v) is 2.87. The Morgan fingerprint density at radius 1 is 0.968 bits per heavy atom. The first-order chi connectivity index (χ1) is 14.9. The maximum atomic E-state index is 12.0. The van der Waals surface area contributed by atoms with Crippen molar-refractivity contribution in [1.29, 1.82) is 0 Å². The van der Waals surface area contributed by atoms with Crippen LogP contribution in [0.15, 0.2) is 48.5 Å². The number of aryl methyl sites for hydroxylation is 1. The van der Waals surface area contributed by atoms with Gasteiger partial charge in [-0.25, -0.2) is 0 Å². The quantitative estimate of drug-likeness (QED) is 0.405. The lowest BCUT2D eigenvalue weighted by Gasteiger charge is -2.13. The first kappa shape index (κ1) is 24.0. The SMILES string of the molecule is CCC(=O)Nc1cc(NC(=S)NC(=O)CCC(=O)OCCc2ccccc2)ccc1C. The van der Waals surface area contributed by atoms with E-state index < -0.39 is 5.97 Å². The molecule has 0 fully saturated rings. The molecule has 0 heterocycles. The molecule has 0 radical (unpaired) electrons. The molecule has 2 rings (SSSR count). The summed E-state index contributed by atoms with van der Waals surface area (Å²) >= 11 is 5.16. The zero-order chi connectivity index (χ0) is 22.6. The first-order valence-electron chi connectivity index (χ1n) is 10.1. The van der Waals surface area contributed by atoms with Crippen LogP contribution in [0.3, 0.4) is 0 Å². The molecular formula is C23H27N3O4S. The molecule has 7 nitrogen and oxygen atoms in total. The maximum absolute atomic E-state index is 12.0. The van der Waals surface area contributed by atoms with Gasteiger partial charge in [0.25, 0.3) is 0 Å². The third-order valence-electron chi connectivity index (χ3n) is 4.40. The highest BCUT2D eigenvalue weighted by molar-refractivity contribution is 7.80. The van der Waals surface area contributed by atoms with E-state index in [1.54, 1.807) is 19.1 Å². The minimum absolute atomic E-state index is 0.0268. The van der Waals surface area contributed by atoms with Crippen LogP contribution in [0.5, 0.6) is 0 Å². The highest BCUT2D eigenvalue weighted by Crippen LogP contribution is 2.20. The lowest BCUT2D eigenvalue weighted by molar-refractivity contribution is -0.144. The van der Waals surface area contributed by atoms with Crippen molar-refractivity contribution >= 4 is 46.5 Å². The largest absolute Gasteiger partial charge is 0.465 e. The van der Waals surface area contributed by atoms with Gasteiger partial charge in [-0.3, -0.25) is 14.4 Å². The molecule has 0 aliphatic rings. The molecule has 0 saturated heterocycles. The number of thiocarbonyl (C=S) groups is 1. The highest BCUT2D eigenvalue weighted by Gasteiger charge is 2.11. The molecule has 31 heavy (non-hydrogen) atoms. The Bertz CT molecular complexity index is 932. The second-order valence-electron chi connectivity index (χ2n) is 6.89.